The Labute approximate surface area is 121 Å². The summed E-state index contributed by atoms with van der Waals surface area (Å²) < 4.78 is 37.7. The van der Waals surface area contributed by atoms with E-state index in [1.165, 1.54) is 0 Å². The largest absolute Gasteiger partial charge is 0.434 e. The molecule has 0 spiro atoms. The van der Waals surface area contributed by atoms with Crippen LogP contribution in [-0.2, 0) is 12.6 Å². The van der Waals surface area contributed by atoms with Crippen molar-refractivity contribution in [3.8, 4) is 0 Å². The van der Waals surface area contributed by atoms with Gasteiger partial charge in [0.05, 0.1) is 11.9 Å². The van der Waals surface area contributed by atoms with E-state index >= 15 is 0 Å². The number of anilines is 1. The third-order valence-corrected chi connectivity index (χ3v) is 3.36. The first-order valence-electron chi connectivity index (χ1n) is 6.37. The highest BCUT2D eigenvalue weighted by Crippen LogP contribution is 2.29. The number of halogens is 4. The minimum absolute atomic E-state index is 0. The van der Waals surface area contributed by atoms with E-state index in [-0.39, 0.29) is 24.5 Å². The van der Waals surface area contributed by atoms with Crippen LogP contribution in [0.15, 0.2) is 6.20 Å². The summed E-state index contributed by atoms with van der Waals surface area (Å²) in [6, 6.07) is 0.0881. The fourth-order valence-corrected chi connectivity index (χ4v) is 2.27. The molecule has 114 valence electrons. The number of aromatic nitrogens is 2. The Kier molecular flexibility index (Phi) is 5.59. The lowest BCUT2D eigenvalue weighted by Gasteiger charge is -2.19. The van der Waals surface area contributed by atoms with Crippen LogP contribution in [0.2, 0.25) is 0 Å². The monoisotopic (exact) mass is 310 g/mol. The molecule has 2 rings (SSSR count). The van der Waals surface area contributed by atoms with E-state index in [0.717, 1.165) is 25.5 Å². The molecule has 2 atom stereocenters. The Balaban J connectivity index is 0.00000200. The highest BCUT2D eigenvalue weighted by atomic mass is 35.5. The van der Waals surface area contributed by atoms with Gasteiger partial charge in [0.1, 0.15) is 5.82 Å². The van der Waals surface area contributed by atoms with Crippen LogP contribution in [-0.4, -0.2) is 22.1 Å². The smallest absolute Gasteiger partial charge is 0.364 e. The second kappa shape index (κ2) is 6.58. The van der Waals surface area contributed by atoms with Crippen molar-refractivity contribution in [2.24, 2.45) is 5.73 Å². The van der Waals surface area contributed by atoms with Crippen LogP contribution in [0.1, 0.15) is 37.6 Å². The lowest BCUT2D eigenvalue weighted by Crippen LogP contribution is -2.36. The van der Waals surface area contributed by atoms with Gasteiger partial charge in [-0.25, -0.2) is 9.97 Å². The quantitative estimate of drug-likeness (QED) is 0.901. The Hall–Kier alpha value is -1.08. The third kappa shape index (κ3) is 3.73. The summed E-state index contributed by atoms with van der Waals surface area (Å²) in [5.41, 5.74) is 5.30. The maximum atomic E-state index is 12.6. The second-order valence-electron chi connectivity index (χ2n) is 4.75. The van der Waals surface area contributed by atoms with Crippen molar-refractivity contribution >= 4 is 18.2 Å². The van der Waals surface area contributed by atoms with Crippen LogP contribution in [0.3, 0.4) is 0 Å². The molecule has 0 bridgehead atoms. The first kappa shape index (κ1) is 17.0. The Bertz CT molecular complexity index is 453. The van der Waals surface area contributed by atoms with Gasteiger partial charge in [0, 0.05) is 12.1 Å². The third-order valence-electron chi connectivity index (χ3n) is 3.36. The van der Waals surface area contributed by atoms with Gasteiger partial charge in [-0.15, -0.1) is 12.4 Å². The van der Waals surface area contributed by atoms with Crippen LogP contribution in [0.5, 0.6) is 0 Å². The van der Waals surface area contributed by atoms with Crippen LogP contribution < -0.4 is 11.1 Å². The van der Waals surface area contributed by atoms with E-state index in [0.29, 0.717) is 17.9 Å². The number of nitrogens with zero attached hydrogens (tertiary/aromatic N) is 2. The van der Waals surface area contributed by atoms with Gasteiger partial charge in [-0.3, -0.25) is 0 Å². The zero-order valence-electron chi connectivity index (χ0n) is 11.1. The van der Waals surface area contributed by atoms with Gasteiger partial charge < -0.3 is 11.1 Å². The summed E-state index contributed by atoms with van der Waals surface area (Å²) in [4.78, 5) is 7.50. The molecular formula is C12H18ClF3N4. The summed E-state index contributed by atoms with van der Waals surface area (Å²) in [6.45, 7) is 1.75. The summed E-state index contributed by atoms with van der Waals surface area (Å²) in [5.74, 6) is 0.415. The lowest BCUT2D eigenvalue weighted by molar-refractivity contribution is -0.141. The normalized spacial score (nSPS) is 22.4. The highest BCUT2D eigenvalue weighted by Gasteiger charge is 2.34. The molecule has 1 aliphatic carbocycles. The van der Waals surface area contributed by atoms with E-state index in [1.807, 2.05) is 0 Å². The molecule has 0 radical (unpaired) electrons. The highest BCUT2D eigenvalue weighted by molar-refractivity contribution is 5.85. The maximum absolute atomic E-state index is 12.6. The fourth-order valence-electron chi connectivity index (χ4n) is 2.27. The van der Waals surface area contributed by atoms with Gasteiger partial charge in [0.15, 0.2) is 5.69 Å². The molecule has 1 saturated carbocycles. The van der Waals surface area contributed by atoms with E-state index in [4.69, 9.17) is 5.73 Å². The predicted molar refractivity (Wildman–Crippen MR) is 72.9 cm³/mol. The van der Waals surface area contributed by atoms with Crippen LogP contribution >= 0.6 is 12.4 Å². The molecule has 2 unspecified atom stereocenters. The van der Waals surface area contributed by atoms with Crippen LogP contribution in [0.25, 0.3) is 0 Å². The van der Waals surface area contributed by atoms with Gasteiger partial charge in [-0.05, 0) is 25.7 Å². The Morgan fingerprint density at radius 1 is 1.40 bits per heavy atom. The number of nitrogens with one attached hydrogen (secondary N) is 1. The summed E-state index contributed by atoms with van der Waals surface area (Å²) in [7, 11) is 0. The average Bonchev–Trinajstić information content (AvgIpc) is 2.74. The molecule has 1 aliphatic rings. The van der Waals surface area contributed by atoms with E-state index in [2.05, 4.69) is 15.3 Å². The zero-order chi connectivity index (χ0) is 14.0. The van der Waals surface area contributed by atoms with Gasteiger partial charge in [-0.2, -0.15) is 13.2 Å². The molecule has 0 aromatic carbocycles. The zero-order valence-corrected chi connectivity index (χ0v) is 11.9. The van der Waals surface area contributed by atoms with E-state index in [1.54, 1.807) is 6.92 Å². The molecule has 0 saturated heterocycles. The molecule has 20 heavy (non-hydrogen) atoms. The number of alkyl halides is 3. The average molecular weight is 311 g/mol. The molecule has 1 heterocycles. The topological polar surface area (TPSA) is 63.8 Å². The van der Waals surface area contributed by atoms with Crippen molar-refractivity contribution in [1.82, 2.24) is 9.97 Å². The maximum Gasteiger partial charge on any atom is 0.434 e. The molecule has 3 N–H and O–H groups in total. The predicted octanol–water partition coefficient (Wildman–Crippen LogP) is 2.77. The molecular weight excluding hydrogens is 293 g/mol. The SMILES string of the molecule is CCc1nc(C(F)(F)F)cnc1NC1CCCC1N.Cl. The van der Waals surface area contributed by atoms with Crippen molar-refractivity contribution in [3.63, 3.8) is 0 Å². The number of hydrogen-bond donors (Lipinski definition) is 2. The van der Waals surface area contributed by atoms with Gasteiger partial charge in [-0.1, -0.05) is 6.92 Å². The van der Waals surface area contributed by atoms with Crippen molar-refractivity contribution in [2.75, 3.05) is 5.32 Å². The fraction of sp³-hybridized carbons (Fsp3) is 0.667. The lowest BCUT2D eigenvalue weighted by atomic mass is 10.2. The first-order chi connectivity index (χ1) is 8.91. The summed E-state index contributed by atoms with van der Waals surface area (Å²) >= 11 is 0. The number of rotatable bonds is 3. The van der Waals surface area contributed by atoms with Crippen molar-refractivity contribution in [2.45, 2.75) is 50.9 Å². The molecule has 1 fully saturated rings. The van der Waals surface area contributed by atoms with Gasteiger partial charge in [0.2, 0.25) is 0 Å². The molecule has 1 aromatic heterocycles. The summed E-state index contributed by atoms with van der Waals surface area (Å²) in [5, 5.41) is 3.12. The molecule has 8 heteroatoms. The standard InChI is InChI=1S/C12H17F3N4.ClH/c1-2-8-11(19-9-5-3-4-7(9)16)17-6-10(18-8)12(13,14)15;/h6-7,9H,2-5,16H2,1H3,(H,17,19);1H. The number of aryl methyl sites for hydroxylation is 1. The first-order valence-corrected chi connectivity index (χ1v) is 6.37. The Morgan fingerprint density at radius 3 is 2.60 bits per heavy atom. The number of nitrogens with two attached hydrogens (primary N) is 1. The molecule has 0 amide bonds. The van der Waals surface area contributed by atoms with Crippen molar-refractivity contribution in [3.05, 3.63) is 17.6 Å². The second-order valence-corrected chi connectivity index (χ2v) is 4.75. The van der Waals surface area contributed by atoms with Gasteiger partial charge >= 0.3 is 6.18 Å². The minimum atomic E-state index is -4.46. The van der Waals surface area contributed by atoms with Gasteiger partial charge in [0.25, 0.3) is 0 Å². The Morgan fingerprint density at radius 2 is 2.10 bits per heavy atom. The van der Waals surface area contributed by atoms with E-state index < -0.39 is 11.9 Å². The molecule has 0 aliphatic heterocycles. The minimum Gasteiger partial charge on any atom is -0.364 e. The molecule has 4 nitrogen and oxygen atoms in total. The summed E-state index contributed by atoms with van der Waals surface area (Å²) in [6.07, 6.45) is -0.447. The van der Waals surface area contributed by atoms with Crippen molar-refractivity contribution in [1.29, 1.82) is 0 Å². The van der Waals surface area contributed by atoms with E-state index in [9.17, 15) is 13.2 Å². The van der Waals surface area contributed by atoms with Crippen LogP contribution in [0.4, 0.5) is 19.0 Å². The van der Waals surface area contributed by atoms with Crippen LogP contribution in [0, 0.1) is 0 Å². The van der Waals surface area contributed by atoms with Crippen molar-refractivity contribution < 1.29 is 13.2 Å². The number of hydrogen-bond acceptors (Lipinski definition) is 4. The molecule has 1 aromatic rings.